The number of carboxylic acid groups (broad SMARTS) is 2. The third-order valence-electron chi connectivity index (χ3n) is 10.1. The van der Waals surface area contributed by atoms with E-state index in [2.05, 4.69) is 47.5 Å². The molecule has 0 spiro atoms. The number of nitrogens with two attached hydrogens (primary N) is 5. The summed E-state index contributed by atoms with van der Waals surface area (Å²) in [5.41, 5.74) is 27.8. The molecule has 0 fully saturated rings. The summed E-state index contributed by atoms with van der Waals surface area (Å²) in [7, 11) is 0. The summed E-state index contributed by atoms with van der Waals surface area (Å²) in [6, 6.07) is -4.66. The highest BCUT2D eigenvalue weighted by Gasteiger charge is 2.34. The molecule has 9 amide bonds. The van der Waals surface area contributed by atoms with Gasteiger partial charge in [0.25, 0.3) is 0 Å². The number of nitrogens with one attached hydrogen (secondary N) is 8. The van der Waals surface area contributed by atoms with Crippen molar-refractivity contribution in [3.8, 4) is 5.75 Å². The standard InChI is InChI=1S/C42H68N14O14/c1-21(2)34(41(70)50-20-33(62)63)56-38(67)26(8-6-16-48-42(46)47)54-37(66)27(13-14-32(60)61)53-35(64)22(3)51-39(68)28(17-23-9-11-24(57)12-10-23)55-40(69)29(18-30(45)58)52-31(59)19-49-36(65)25(44)7-4-5-15-43/h9-12,21-22,25-29,34,57H,4-8,13-20,43-44H2,1-3H3,(H2,45,58)(H,49,65)(H,50,70)(H,51,68)(H,52,59)(H,53,64)(H,54,66)(H,55,69)(H,56,67)(H,60,61)(H,62,63)(H4,46,47,48)/t22-,25-,26-,27-,28-,29-,34-/m0/s1. The maximum absolute atomic E-state index is 13.9. The Bertz CT molecular complexity index is 2020. The summed E-state index contributed by atoms with van der Waals surface area (Å²) in [5, 5.41) is 47.1. The number of aromatic hydroxyl groups is 1. The van der Waals surface area contributed by atoms with Gasteiger partial charge in [-0.05, 0) is 69.2 Å². The zero-order valence-corrected chi connectivity index (χ0v) is 39.3. The van der Waals surface area contributed by atoms with Crippen LogP contribution < -0.4 is 71.2 Å². The summed E-state index contributed by atoms with van der Waals surface area (Å²) >= 11 is 0. The number of carbonyl (C=O) groups excluding carboxylic acids is 9. The first-order chi connectivity index (χ1) is 32.8. The summed E-state index contributed by atoms with van der Waals surface area (Å²) in [6.45, 7) is 3.31. The Morgan fingerprint density at radius 1 is 0.600 bits per heavy atom. The van der Waals surface area contributed by atoms with Gasteiger partial charge in [0.2, 0.25) is 53.2 Å². The lowest BCUT2D eigenvalue weighted by atomic mass is 10.0. The molecule has 28 nitrogen and oxygen atoms in total. The van der Waals surface area contributed by atoms with Gasteiger partial charge in [-0.1, -0.05) is 32.4 Å². The first kappa shape index (κ1) is 60.4. The number of carboxylic acids is 2. The van der Waals surface area contributed by atoms with Gasteiger partial charge in [0.15, 0.2) is 5.96 Å². The van der Waals surface area contributed by atoms with Crippen molar-refractivity contribution >= 4 is 71.1 Å². The van der Waals surface area contributed by atoms with Crippen LogP contribution in [-0.2, 0) is 59.2 Å². The van der Waals surface area contributed by atoms with Crippen molar-refractivity contribution in [1.82, 2.24) is 42.5 Å². The lowest BCUT2D eigenvalue weighted by Crippen LogP contribution is -2.60. The van der Waals surface area contributed by atoms with Gasteiger partial charge >= 0.3 is 11.9 Å². The molecule has 21 N–H and O–H groups in total. The van der Waals surface area contributed by atoms with E-state index in [4.69, 9.17) is 33.8 Å². The van der Waals surface area contributed by atoms with E-state index in [9.17, 15) is 63.0 Å². The normalized spacial score (nSPS) is 13.8. The number of hydrogen-bond acceptors (Lipinski definition) is 15. The zero-order chi connectivity index (χ0) is 53.1. The molecule has 0 saturated carbocycles. The fourth-order valence-electron chi connectivity index (χ4n) is 6.26. The van der Waals surface area contributed by atoms with E-state index in [1.165, 1.54) is 31.2 Å². The summed E-state index contributed by atoms with van der Waals surface area (Å²) in [6.07, 6.45) is -0.842. The molecule has 0 aromatic heterocycles. The number of benzene rings is 1. The Kier molecular flexibility index (Phi) is 27.1. The van der Waals surface area contributed by atoms with E-state index < -0.39 is 146 Å². The van der Waals surface area contributed by atoms with E-state index in [-0.39, 0.29) is 43.9 Å². The highest BCUT2D eigenvalue weighted by molar-refractivity contribution is 5.98. The number of phenolic OH excluding ortho intramolecular Hbond substituents is 1. The molecule has 0 aliphatic heterocycles. The van der Waals surface area contributed by atoms with Crippen LogP contribution in [0.1, 0.15) is 77.7 Å². The number of phenols is 1. The van der Waals surface area contributed by atoms with Crippen molar-refractivity contribution in [1.29, 1.82) is 0 Å². The number of guanidine groups is 1. The quantitative estimate of drug-likeness (QED) is 0.0177. The lowest BCUT2D eigenvalue weighted by molar-refractivity contribution is -0.139. The largest absolute Gasteiger partial charge is 0.508 e. The maximum atomic E-state index is 13.9. The molecule has 70 heavy (non-hydrogen) atoms. The molecule has 0 aliphatic carbocycles. The summed E-state index contributed by atoms with van der Waals surface area (Å²) in [5.74, 6) is -12.3. The predicted octanol–water partition coefficient (Wildman–Crippen LogP) is -5.91. The van der Waals surface area contributed by atoms with Crippen LogP contribution in [0.15, 0.2) is 29.3 Å². The Labute approximate surface area is 403 Å². The van der Waals surface area contributed by atoms with Gasteiger partial charge in [-0.3, -0.25) is 57.7 Å². The van der Waals surface area contributed by atoms with Gasteiger partial charge in [0.1, 0.15) is 48.5 Å². The molecular formula is C42H68N14O14. The number of aliphatic carboxylic acids is 2. The van der Waals surface area contributed by atoms with Crippen LogP contribution >= 0.6 is 0 Å². The van der Waals surface area contributed by atoms with Crippen LogP contribution in [0.5, 0.6) is 5.75 Å². The van der Waals surface area contributed by atoms with Gasteiger partial charge in [-0.2, -0.15) is 0 Å². The molecule has 0 heterocycles. The molecule has 7 atom stereocenters. The van der Waals surface area contributed by atoms with Crippen LogP contribution in [0.25, 0.3) is 0 Å². The maximum Gasteiger partial charge on any atom is 0.322 e. The van der Waals surface area contributed by atoms with Crippen molar-refractivity contribution < 1.29 is 68.1 Å². The molecule has 1 rings (SSSR count). The van der Waals surface area contributed by atoms with Crippen molar-refractivity contribution in [2.24, 2.45) is 39.6 Å². The molecule has 1 aromatic rings. The fourth-order valence-corrected chi connectivity index (χ4v) is 6.26. The van der Waals surface area contributed by atoms with Crippen molar-refractivity contribution in [2.45, 2.75) is 121 Å². The van der Waals surface area contributed by atoms with Crippen LogP contribution in [0, 0.1) is 5.92 Å². The summed E-state index contributed by atoms with van der Waals surface area (Å²) < 4.78 is 0. The van der Waals surface area contributed by atoms with Crippen molar-refractivity contribution in [3.05, 3.63) is 29.8 Å². The number of rotatable bonds is 33. The first-order valence-corrected chi connectivity index (χ1v) is 22.2. The van der Waals surface area contributed by atoms with E-state index in [1.54, 1.807) is 13.8 Å². The van der Waals surface area contributed by atoms with E-state index >= 15 is 0 Å². The van der Waals surface area contributed by atoms with E-state index in [1.807, 2.05) is 0 Å². The number of amides is 9. The Morgan fingerprint density at radius 2 is 1.16 bits per heavy atom. The molecule has 0 unspecified atom stereocenters. The third kappa shape index (κ3) is 24.4. The van der Waals surface area contributed by atoms with Crippen LogP contribution in [0.3, 0.4) is 0 Å². The topological polar surface area (TPSA) is 487 Å². The van der Waals surface area contributed by atoms with Crippen LogP contribution in [0.2, 0.25) is 0 Å². The second kappa shape index (κ2) is 31.4. The minimum absolute atomic E-state index is 0.00845. The lowest BCUT2D eigenvalue weighted by Gasteiger charge is -2.27. The first-order valence-electron chi connectivity index (χ1n) is 22.2. The van der Waals surface area contributed by atoms with Crippen molar-refractivity contribution in [2.75, 3.05) is 26.2 Å². The minimum Gasteiger partial charge on any atom is -0.508 e. The summed E-state index contributed by atoms with van der Waals surface area (Å²) in [4.78, 5) is 145. The second-order valence-corrected chi connectivity index (χ2v) is 16.4. The monoisotopic (exact) mass is 993 g/mol. The Balaban J connectivity index is 3.37. The molecule has 0 radical (unpaired) electrons. The highest BCUT2D eigenvalue weighted by atomic mass is 16.4. The van der Waals surface area contributed by atoms with E-state index in [0.29, 0.717) is 24.9 Å². The Morgan fingerprint density at radius 3 is 1.73 bits per heavy atom. The molecule has 0 bridgehead atoms. The van der Waals surface area contributed by atoms with Gasteiger partial charge in [0.05, 0.1) is 19.0 Å². The SMILES string of the molecule is CC(C)[C@H](NC(=O)[C@H](CCCN=C(N)N)NC(=O)[C@H](CCC(=O)O)NC(=O)[C@H](C)NC(=O)[C@H](Cc1ccc(O)cc1)NC(=O)[C@H](CC(N)=O)NC(=O)CNC(=O)[C@@H](N)CCCCN)C(=O)NCC(=O)O. The average molecular weight is 993 g/mol. The second-order valence-electron chi connectivity index (χ2n) is 16.4. The molecular weight excluding hydrogens is 925 g/mol. The fraction of sp³-hybridized carbons (Fsp3) is 0.571. The zero-order valence-electron chi connectivity index (χ0n) is 39.3. The average Bonchev–Trinajstić information content (AvgIpc) is 3.28. The van der Waals surface area contributed by atoms with E-state index in [0.717, 1.165) is 0 Å². The van der Waals surface area contributed by atoms with Crippen molar-refractivity contribution in [3.63, 3.8) is 0 Å². The minimum atomic E-state index is -1.67. The number of aliphatic imine (C=N–C) groups is 1. The molecule has 390 valence electrons. The van der Waals surface area contributed by atoms with Crippen LogP contribution in [0.4, 0.5) is 0 Å². The number of unbranched alkanes of at least 4 members (excludes halogenated alkanes) is 1. The number of carbonyl (C=O) groups is 11. The number of primary amides is 1. The number of nitrogens with zero attached hydrogens (tertiary/aromatic N) is 1. The van der Waals surface area contributed by atoms with Gasteiger partial charge < -0.3 is 86.5 Å². The smallest absolute Gasteiger partial charge is 0.322 e. The third-order valence-corrected chi connectivity index (χ3v) is 10.1. The Hall–Kier alpha value is -7.62. The number of hydrogen-bond donors (Lipinski definition) is 16. The highest BCUT2D eigenvalue weighted by Crippen LogP contribution is 2.13. The van der Waals surface area contributed by atoms with Gasteiger partial charge in [0, 0.05) is 19.4 Å². The van der Waals surface area contributed by atoms with Gasteiger partial charge in [-0.25, -0.2) is 0 Å². The molecule has 0 saturated heterocycles. The van der Waals surface area contributed by atoms with Crippen LogP contribution in [-0.4, -0.2) is 155 Å². The molecule has 0 aliphatic rings. The molecule has 1 aromatic carbocycles. The predicted molar refractivity (Wildman–Crippen MR) is 249 cm³/mol. The van der Waals surface area contributed by atoms with Gasteiger partial charge in [-0.15, -0.1) is 0 Å². The molecule has 28 heteroatoms.